The molecule has 0 fully saturated rings. The molecule has 2 aromatic rings. The quantitative estimate of drug-likeness (QED) is 0.438. The van der Waals surface area contributed by atoms with Gasteiger partial charge in [-0.1, -0.05) is 54.7 Å². The van der Waals surface area contributed by atoms with Crippen molar-refractivity contribution in [3.8, 4) is 0 Å². The highest BCUT2D eigenvalue weighted by molar-refractivity contribution is 5.69. The molecule has 0 atom stereocenters. The SMILES string of the molecule is C=Cc1cc(N2C(=C)C(C)=C(OCc3ncc(F)cc3F)C=C2C)c(C)cn1.CC.CC.CC. The van der Waals surface area contributed by atoms with Crippen LogP contribution in [0.2, 0.25) is 0 Å². The molecule has 0 amide bonds. The first-order valence-electron chi connectivity index (χ1n) is 11.7. The Bertz CT molecular complexity index is 1020. The van der Waals surface area contributed by atoms with Gasteiger partial charge >= 0.3 is 0 Å². The van der Waals surface area contributed by atoms with Crippen molar-refractivity contribution in [2.75, 3.05) is 4.90 Å². The zero-order valence-electron chi connectivity index (χ0n) is 22.1. The monoisotopic (exact) mass is 471 g/mol. The summed E-state index contributed by atoms with van der Waals surface area (Å²) in [5.41, 5.74) is 5.20. The van der Waals surface area contributed by atoms with Gasteiger partial charge in [0.2, 0.25) is 0 Å². The number of halogens is 2. The first-order chi connectivity index (χ1) is 16.3. The molecule has 6 heteroatoms. The van der Waals surface area contributed by atoms with Gasteiger partial charge < -0.3 is 9.64 Å². The average Bonchev–Trinajstić information content (AvgIpc) is 2.86. The maximum atomic E-state index is 13.8. The van der Waals surface area contributed by atoms with E-state index < -0.39 is 11.6 Å². The molecule has 186 valence electrons. The molecule has 0 aliphatic carbocycles. The van der Waals surface area contributed by atoms with E-state index in [1.54, 1.807) is 12.3 Å². The van der Waals surface area contributed by atoms with Gasteiger partial charge in [0.15, 0.2) is 5.82 Å². The van der Waals surface area contributed by atoms with Crippen LogP contribution in [0.25, 0.3) is 6.08 Å². The third-order valence-corrected chi connectivity index (χ3v) is 4.56. The van der Waals surface area contributed by atoms with Crippen LogP contribution in [0.3, 0.4) is 0 Å². The highest BCUT2D eigenvalue weighted by atomic mass is 19.1. The summed E-state index contributed by atoms with van der Waals surface area (Å²) in [6.07, 6.45) is 6.31. The topological polar surface area (TPSA) is 38.2 Å². The van der Waals surface area contributed by atoms with Crippen LogP contribution in [0, 0.1) is 18.6 Å². The van der Waals surface area contributed by atoms with Crippen molar-refractivity contribution in [1.29, 1.82) is 0 Å². The Morgan fingerprint density at radius 3 is 2.15 bits per heavy atom. The molecule has 34 heavy (non-hydrogen) atoms. The van der Waals surface area contributed by atoms with E-state index in [1.165, 1.54) is 0 Å². The number of nitrogens with zero attached hydrogens (tertiary/aromatic N) is 3. The predicted molar refractivity (Wildman–Crippen MR) is 140 cm³/mol. The van der Waals surface area contributed by atoms with Gasteiger partial charge in [-0.25, -0.2) is 8.78 Å². The van der Waals surface area contributed by atoms with Crippen molar-refractivity contribution in [3.63, 3.8) is 0 Å². The minimum Gasteiger partial charge on any atom is -0.487 e. The van der Waals surface area contributed by atoms with E-state index in [2.05, 4.69) is 23.1 Å². The minimum absolute atomic E-state index is 0.0430. The Labute approximate surface area is 204 Å². The number of anilines is 1. The van der Waals surface area contributed by atoms with Crippen LogP contribution in [0.1, 0.15) is 72.3 Å². The molecule has 0 aromatic carbocycles. The third-order valence-electron chi connectivity index (χ3n) is 4.56. The van der Waals surface area contributed by atoms with Gasteiger partial charge in [-0.2, -0.15) is 0 Å². The molecule has 1 aliphatic heterocycles. The first-order valence-corrected chi connectivity index (χ1v) is 11.7. The number of rotatable bonds is 5. The number of hydrogen-bond acceptors (Lipinski definition) is 4. The number of ether oxygens (including phenoxy) is 1. The summed E-state index contributed by atoms with van der Waals surface area (Å²) < 4.78 is 32.6. The van der Waals surface area contributed by atoms with E-state index in [4.69, 9.17) is 4.74 Å². The number of pyridine rings is 2. The lowest BCUT2D eigenvalue weighted by molar-refractivity contribution is 0.199. The lowest BCUT2D eigenvalue weighted by atomic mass is 10.0. The Morgan fingerprint density at radius 1 is 0.971 bits per heavy atom. The number of hydrogen-bond donors (Lipinski definition) is 0. The lowest BCUT2D eigenvalue weighted by Gasteiger charge is -2.33. The molecule has 0 unspecified atom stereocenters. The third kappa shape index (κ3) is 7.65. The molecule has 0 radical (unpaired) electrons. The number of aryl methyl sites for hydroxylation is 1. The van der Waals surface area contributed by atoms with E-state index in [0.717, 1.165) is 46.2 Å². The summed E-state index contributed by atoms with van der Waals surface area (Å²) in [6.45, 7) is 25.7. The van der Waals surface area contributed by atoms with Gasteiger partial charge in [-0.3, -0.25) is 9.97 Å². The van der Waals surface area contributed by atoms with Crippen LogP contribution < -0.4 is 4.90 Å². The number of allylic oxidation sites excluding steroid dienone is 3. The maximum absolute atomic E-state index is 13.8. The van der Waals surface area contributed by atoms with Gasteiger partial charge in [-0.05, 0) is 38.5 Å². The van der Waals surface area contributed by atoms with E-state index in [9.17, 15) is 8.78 Å². The standard InChI is InChI=1S/C22H21F2N3O.3C2H6/c1-6-18-9-21(13(2)10-25-18)27-14(3)7-22(15(4)16(27)5)28-12-20-19(24)8-17(23)11-26-20;3*1-2/h6-11H,1,5,12H2,2-4H3;3*1-2H3. The van der Waals surface area contributed by atoms with Crippen LogP contribution in [-0.4, -0.2) is 9.97 Å². The molecule has 3 heterocycles. The zero-order chi connectivity index (χ0) is 26.4. The fourth-order valence-electron chi connectivity index (χ4n) is 2.95. The molecule has 0 N–H and O–H groups in total. The van der Waals surface area contributed by atoms with Crippen molar-refractivity contribution in [3.05, 3.63) is 95.1 Å². The zero-order valence-corrected chi connectivity index (χ0v) is 22.1. The summed E-state index contributed by atoms with van der Waals surface area (Å²) in [6, 6.07) is 2.74. The van der Waals surface area contributed by atoms with Crippen LogP contribution in [0.15, 0.2) is 66.5 Å². The summed E-state index contributed by atoms with van der Waals surface area (Å²) in [4.78, 5) is 10.1. The molecule has 1 aliphatic rings. The van der Waals surface area contributed by atoms with Crippen molar-refractivity contribution >= 4 is 11.8 Å². The second kappa shape index (κ2) is 15.5. The Kier molecular flexibility index (Phi) is 14.0. The highest BCUT2D eigenvalue weighted by Gasteiger charge is 2.23. The van der Waals surface area contributed by atoms with E-state index in [-0.39, 0.29) is 12.3 Å². The molecular weight excluding hydrogens is 432 g/mol. The first kappa shape index (κ1) is 30.7. The van der Waals surface area contributed by atoms with E-state index in [0.29, 0.717) is 5.76 Å². The van der Waals surface area contributed by atoms with E-state index in [1.807, 2.05) is 79.4 Å². The Morgan fingerprint density at radius 2 is 1.59 bits per heavy atom. The van der Waals surface area contributed by atoms with Gasteiger partial charge in [0.05, 0.1) is 17.6 Å². The van der Waals surface area contributed by atoms with Crippen molar-refractivity contribution in [2.45, 2.75) is 68.9 Å². The normalized spacial score (nSPS) is 12.3. The van der Waals surface area contributed by atoms with Gasteiger partial charge in [0, 0.05) is 35.3 Å². The molecule has 0 spiro atoms. The van der Waals surface area contributed by atoms with Crippen molar-refractivity contribution < 1.29 is 13.5 Å². The van der Waals surface area contributed by atoms with Crippen molar-refractivity contribution in [2.24, 2.45) is 0 Å². The predicted octanol–water partition coefficient (Wildman–Crippen LogP) is 8.51. The average molecular weight is 472 g/mol. The smallest absolute Gasteiger partial charge is 0.151 e. The molecule has 2 aromatic heterocycles. The second-order valence-corrected chi connectivity index (χ2v) is 6.53. The van der Waals surface area contributed by atoms with Gasteiger partial charge in [0.1, 0.15) is 23.9 Å². The number of aromatic nitrogens is 2. The van der Waals surface area contributed by atoms with Crippen LogP contribution in [-0.2, 0) is 11.3 Å². The lowest BCUT2D eigenvalue weighted by Crippen LogP contribution is -2.25. The molecule has 0 saturated carbocycles. The Hall–Kier alpha value is -3.28. The Balaban J connectivity index is 0.00000168. The van der Waals surface area contributed by atoms with Crippen molar-refractivity contribution in [1.82, 2.24) is 9.97 Å². The fraction of sp³-hybridized carbons (Fsp3) is 0.357. The highest BCUT2D eigenvalue weighted by Crippen LogP contribution is 2.35. The van der Waals surface area contributed by atoms with E-state index >= 15 is 0 Å². The summed E-state index contributed by atoms with van der Waals surface area (Å²) >= 11 is 0. The maximum Gasteiger partial charge on any atom is 0.151 e. The molecule has 4 nitrogen and oxygen atoms in total. The summed E-state index contributed by atoms with van der Waals surface area (Å²) in [5.74, 6) is -0.889. The molecule has 0 saturated heterocycles. The second-order valence-electron chi connectivity index (χ2n) is 6.53. The molecular formula is C28H39F2N3O. The molecule has 3 rings (SSSR count). The van der Waals surface area contributed by atoms with Crippen LogP contribution in [0.4, 0.5) is 14.5 Å². The molecule has 0 bridgehead atoms. The van der Waals surface area contributed by atoms with Gasteiger partial charge in [-0.15, -0.1) is 0 Å². The minimum atomic E-state index is -0.736. The fourth-order valence-corrected chi connectivity index (χ4v) is 2.95. The largest absolute Gasteiger partial charge is 0.487 e. The van der Waals surface area contributed by atoms with Gasteiger partial charge in [0.25, 0.3) is 0 Å². The van der Waals surface area contributed by atoms with Crippen LogP contribution >= 0.6 is 0 Å². The summed E-state index contributed by atoms with van der Waals surface area (Å²) in [7, 11) is 0. The summed E-state index contributed by atoms with van der Waals surface area (Å²) in [5, 5.41) is 0. The van der Waals surface area contributed by atoms with Crippen LogP contribution in [0.5, 0.6) is 0 Å².